The van der Waals surface area contributed by atoms with Crippen LogP contribution in [-0.2, 0) is 20.1 Å². The lowest BCUT2D eigenvalue weighted by Crippen LogP contribution is -2.28. The highest BCUT2D eigenvalue weighted by Gasteiger charge is 2.16. The summed E-state index contributed by atoms with van der Waals surface area (Å²) in [6, 6.07) is 3.64. The molecule has 0 spiro atoms. The van der Waals surface area contributed by atoms with Gasteiger partial charge in [0.2, 0.25) is 0 Å². The SMILES string of the molecule is CCn1ccc(CN(C)C(=O)c2ccnn2C)n1. The fourth-order valence-electron chi connectivity index (χ4n) is 1.76. The van der Waals surface area contributed by atoms with Crippen LogP contribution >= 0.6 is 0 Å². The number of aryl methyl sites for hydroxylation is 2. The van der Waals surface area contributed by atoms with Gasteiger partial charge in [0.05, 0.1) is 12.2 Å². The predicted molar refractivity (Wildman–Crippen MR) is 66.9 cm³/mol. The van der Waals surface area contributed by atoms with Gasteiger partial charge < -0.3 is 4.90 Å². The first kappa shape index (κ1) is 12.3. The molecule has 0 N–H and O–H groups in total. The standard InChI is InChI=1S/C12H17N5O/c1-4-17-8-6-10(14-17)9-15(2)12(18)11-5-7-13-16(11)3/h5-8H,4,9H2,1-3H3. The van der Waals surface area contributed by atoms with Crippen molar-refractivity contribution >= 4 is 5.91 Å². The normalized spacial score (nSPS) is 10.6. The molecule has 96 valence electrons. The number of carbonyl (C=O) groups excluding carboxylic acids is 1. The Morgan fingerprint density at radius 1 is 1.44 bits per heavy atom. The summed E-state index contributed by atoms with van der Waals surface area (Å²) in [7, 11) is 3.52. The number of rotatable bonds is 4. The van der Waals surface area contributed by atoms with Crippen molar-refractivity contribution in [1.82, 2.24) is 24.5 Å². The van der Waals surface area contributed by atoms with Crippen LogP contribution in [0.2, 0.25) is 0 Å². The van der Waals surface area contributed by atoms with Crippen molar-refractivity contribution in [3.05, 3.63) is 35.9 Å². The van der Waals surface area contributed by atoms with Crippen molar-refractivity contribution < 1.29 is 4.79 Å². The molecule has 0 saturated heterocycles. The Kier molecular flexibility index (Phi) is 3.45. The van der Waals surface area contributed by atoms with Gasteiger partial charge in [0.15, 0.2) is 0 Å². The first-order valence-corrected chi connectivity index (χ1v) is 5.87. The molecule has 0 radical (unpaired) electrons. The van der Waals surface area contributed by atoms with Crippen molar-refractivity contribution in [2.24, 2.45) is 7.05 Å². The molecular weight excluding hydrogens is 230 g/mol. The summed E-state index contributed by atoms with van der Waals surface area (Å²) in [6.07, 6.45) is 3.53. The smallest absolute Gasteiger partial charge is 0.272 e. The summed E-state index contributed by atoms with van der Waals surface area (Å²) in [5.74, 6) is -0.0546. The molecule has 0 aromatic carbocycles. The molecule has 0 aliphatic carbocycles. The largest absolute Gasteiger partial charge is 0.334 e. The zero-order chi connectivity index (χ0) is 13.1. The molecule has 0 aliphatic rings. The lowest BCUT2D eigenvalue weighted by atomic mass is 10.3. The molecule has 1 amide bonds. The molecule has 0 unspecified atom stereocenters. The van der Waals surface area contributed by atoms with E-state index in [1.807, 2.05) is 23.9 Å². The average Bonchev–Trinajstić information content (AvgIpc) is 2.97. The number of aromatic nitrogens is 4. The minimum Gasteiger partial charge on any atom is -0.334 e. The van der Waals surface area contributed by atoms with E-state index in [4.69, 9.17) is 0 Å². The molecule has 2 rings (SSSR count). The van der Waals surface area contributed by atoms with E-state index in [2.05, 4.69) is 10.2 Å². The minimum atomic E-state index is -0.0546. The molecular formula is C12H17N5O. The Labute approximate surface area is 106 Å². The first-order valence-electron chi connectivity index (χ1n) is 5.87. The van der Waals surface area contributed by atoms with Gasteiger partial charge in [0, 0.05) is 33.0 Å². The third kappa shape index (κ3) is 2.42. The zero-order valence-electron chi connectivity index (χ0n) is 10.9. The van der Waals surface area contributed by atoms with Crippen LogP contribution in [-0.4, -0.2) is 37.4 Å². The van der Waals surface area contributed by atoms with Crippen LogP contribution in [0, 0.1) is 0 Å². The van der Waals surface area contributed by atoms with E-state index in [0.717, 1.165) is 12.2 Å². The van der Waals surface area contributed by atoms with Gasteiger partial charge in [-0.2, -0.15) is 10.2 Å². The van der Waals surface area contributed by atoms with Gasteiger partial charge in [-0.1, -0.05) is 0 Å². The molecule has 0 fully saturated rings. The second kappa shape index (κ2) is 5.03. The summed E-state index contributed by atoms with van der Waals surface area (Å²) in [6.45, 7) is 3.36. The third-order valence-corrected chi connectivity index (χ3v) is 2.81. The van der Waals surface area contributed by atoms with Crippen molar-refractivity contribution in [3.63, 3.8) is 0 Å². The zero-order valence-corrected chi connectivity index (χ0v) is 10.9. The van der Waals surface area contributed by atoms with Gasteiger partial charge in [-0.25, -0.2) is 0 Å². The van der Waals surface area contributed by atoms with Crippen molar-refractivity contribution in [2.75, 3.05) is 7.05 Å². The lowest BCUT2D eigenvalue weighted by Gasteiger charge is -2.15. The van der Waals surface area contributed by atoms with Crippen LogP contribution < -0.4 is 0 Å². The van der Waals surface area contributed by atoms with Gasteiger partial charge in [-0.3, -0.25) is 14.2 Å². The molecule has 6 nitrogen and oxygen atoms in total. The Bertz CT molecular complexity index is 542. The van der Waals surface area contributed by atoms with E-state index < -0.39 is 0 Å². The van der Waals surface area contributed by atoms with Crippen molar-refractivity contribution in [3.8, 4) is 0 Å². The Balaban J connectivity index is 2.06. The maximum absolute atomic E-state index is 12.1. The van der Waals surface area contributed by atoms with Crippen LogP contribution in [0.5, 0.6) is 0 Å². The van der Waals surface area contributed by atoms with Gasteiger partial charge in [-0.05, 0) is 19.1 Å². The van der Waals surface area contributed by atoms with E-state index in [1.54, 1.807) is 35.9 Å². The molecule has 2 heterocycles. The average molecular weight is 247 g/mol. The number of hydrogen-bond acceptors (Lipinski definition) is 3. The van der Waals surface area contributed by atoms with Gasteiger partial charge in [-0.15, -0.1) is 0 Å². The number of amides is 1. The molecule has 0 aliphatic heterocycles. The molecule has 6 heteroatoms. The second-order valence-corrected chi connectivity index (χ2v) is 4.16. The van der Waals surface area contributed by atoms with E-state index in [0.29, 0.717) is 12.2 Å². The summed E-state index contributed by atoms with van der Waals surface area (Å²) in [4.78, 5) is 13.8. The first-order chi connectivity index (χ1) is 8.61. The Morgan fingerprint density at radius 2 is 2.22 bits per heavy atom. The van der Waals surface area contributed by atoms with Gasteiger partial charge >= 0.3 is 0 Å². The Hall–Kier alpha value is -2.11. The quantitative estimate of drug-likeness (QED) is 0.807. The predicted octanol–water partition coefficient (Wildman–Crippen LogP) is 0.909. The van der Waals surface area contributed by atoms with Gasteiger partial charge in [0.25, 0.3) is 5.91 Å². The highest BCUT2D eigenvalue weighted by molar-refractivity contribution is 5.92. The van der Waals surface area contributed by atoms with Gasteiger partial charge in [0.1, 0.15) is 5.69 Å². The molecule has 0 bridgehead atoms. The molecule has 0 atom stereocenters. The summed E-state index contributed by atoms with van der Waals surface area (Å²) in [5.41, 5.74) is 1.46. The van der Waals surface area contributed by atoms with Crippen molar-refractivity contribution in [2.45, 2.75) is 20.0 Å². The summed E-state index contributed by atoms with van der Waals surface area (Å²) in [5, 5.41) is 8.35. The summed E-state index contributed by atoms with van der Waals surface area (Å²) < 4.78 is 3.42. The highest BCUT2D eigenvalue weighted by Crippen LogP contribution is 2.06. The maximum Gasteiger partial charge on any atom is 0.272 e. The van der Waals surface area contributed by atoms with Crippen molar-refractivity contribution in [1.29, 1.82) is 0 Å². The molecule has 2 aromatic heterocycles. The Morgan fingerprint density at radius 3 is 2.78 bits per heavy atom. The molecule has 2 aromatic rings. The monoisotopic (exact) mass is 247 g/mol. The lowest BCUT2D eigenvalue weighted by molar-refractivity contribution is 0.0772. The maximum atomic E-state index is 12.1. The number of hydrogen-bond donors (Lipinski definition) is 0. The molecule has 0 saturated carbocycles. The van der Waals surface area contributed by atoms with E-state index in [9.17, 15) is 4.79 Å². The van der Waals surface area contributed by atoms with Crippen LogP contribution in [0.4, 0.5) is 0 Å². The van der Waals surface area contributed by atoms with Crippen LogP contribution in [0.3, 0.4) is 0 Å². The summed E-state index contributed by atoms with van der Waals surface area (Å²) >= 11 is 0. The fourth-order valence-corrected chi connectivity index (χ4v) is 1.76. The highest BCUT2D eigenvalue weighted by atomic mass is 16.2. The number of nitrogens with zero attached hydrogens (tertiary/aromatic N) is 5. The topological polar surface area (TPSA) is 56.0 Å². The van der Waals surface area contributed by atoms with Crippen LogP contribution in [0.1, 0.15) is 23.1 Å². The van der Waals surface area contributed by atoms with E-state index >= 15 is 0 Å². The number of carbonyl (C=O) groups is 1. The van der Waals surface area contributed by atoms with E-state index in [1.165, 1.54) is 0 Å². The van der Waals surface area contributed by atoms with Crippen LogP contribution in [0.15, 0.2) is 24.5 Å². The second-order valence-electron chi connectivity index (χ2n) is 4.16. The third-order valence-electron chi connectivity index (χ3n) is 2.81. The minimum absolute atomic E-state index is 0.0546. The fraction of sp³-hybridized carbons (Fsp3) is 0.417. The van der Waals surface area contributed by atoms with Crippen LogP contribution in [0.25, 0.3) is 0 Å². The van der Waals surface area contributed by atoms with E-state index in [-0.39, 0.29) is 5.91 Å². The molecule has 18 heavy (non-hydrogen) atoms.